The fourth-order valence-corrected chi connectivity index (χ4v) is 4.44. The minimum absolute atomic E-state index is 0.842. The van der Waals surface area contributed by atoms with Gasteiger partial charge in [0.15, 0.2) is 0 Å². The number of aliphatic imine (C=N–C) groups is 4. The lowest BCUT2D eigenvalue weighted by Crippen LogP contribution is -1.96. The molecule has 0 fully saturated rings. The highest BCUT2D eigenvalue weighted by molar-refractivity contribution is 9.12. The lowest BCUT2D eigenvalue weighted by atomic mass is 10.0. The summed E-state index contributed by atoms with van der Waals surface area (Å²) in [5, 5.41) is 0. The Morgan fingerprint density at radius 2 is 1.10 bits per heavy atom. The molecule has 0 spiro atoms. The molecule has 4 nitrogen and oxygen atoms in total. The van der Waals surface area contributed by atoms with Crippen molar-refractivity contribution >= 4 is 44.3 Å². The summed E-state index contributed by atoms with van der Waals surface area (Å²) in [5.41, 5.74) is 9.07. The van der Waals surface area contributed by atoms with E-state index in [1.54, 1.807) is 0 Å². The van der Waals surface area contributed by atoms with E-state index in [4.69, 9.17) is 15.0 Å². The van der Waals surface area contributed by atoms with E-state index in [0.717, 1.165) is 61.3 Å². The van der Waals surface area contributed by atoms with Crippen LogP contribution >= 0.6 is 15.9 Å². The van der Waals surface area contributed by atoms with Crippen LogP contribution in [0.2, 0.25) is 0 Å². The Morgan fingerprint density at radius 3 is 1.71 bits per heavy atom. The highest BCUT2D eigenvalue weighted by Gasteiger charge is 2.23. The molecule has 0 aliphatic carbocycles. The molecule has 8 bridgehead atoms. The Balaban J connectivity index is 1.55. The molecule has 1 aromatic carbocycles. The lowest BCUT2D eigenvalue weighted by Gasteiger charge is -2.05. The molecule has 0 N–H and O–H groups in total. The molecule has 5 heterocycles. The van der Waals surface area contributed by atoms with Crippen LogP contribution in [0, 0.1) is 0 Å². The maximum atomic E-state index is 4.92. The number of nitrogens with zero attached hydrogens (tertiary/aromatic N) is 4. The molecular weight excluding hydrogens is 448 g/mol. The Kier molecular flexibility index (Phi) is 4.21. The van der Waals surface area contributed by atoms with Crippen LogP contribution in [0.5, 0.6) is 0 Å². The number of hydrogen-bond acceptors (Lipinski definition) is 4. The average molecular weight is 463 g/mol. The molecule has 0 atom stereocenters. The Morgan fingerprint density at radius 1 is 0.548 bits per heavy atom. The number of allylic oxidation sites excluding steroid dienone is 12. The zero-order chi connectivity index (χ0) is 20.8. The van der Waals surface area contributed by atoms with Gasteiger partial charge in [-0.15, -0.1) is 0 Å². The summed E-state index contributed by atoms with van der Waals surface area (Å²) in [6.07, 6.45) is 20.0. The number of hydrogen-bond donors (Lipinski definition) is 0. The molecule has 5 aliphatic rings. The predicted molar refractivity (Wildman–Crippen MR) is 132 cm³/mol. The van der Waals surface area contributed by atoms with Crippen molar-refractivity contribution in [3.05, 3.63) is 124 Å². The van der Waals surface area contributed by atoms with E-state index in [9.17, 15) is 0 Å². The fraction of sp³-hybridized carbons (Fsp3) is 0. The molecular formula is C26H15BrN4. The summed E-state index contributed by atoms with van der Waals surface area (Å²) in [4.78, 5) is 19.0. The van der Waals surface area contributed by atoms with Gasteiger partial charge in [0.05, 0.1) is 50.1 Å². The first-order valence-corrected chi connectivity index (χ1v) is 10.7. The van der Waals surface area contributed by atoms with Gasteiger partial charge in [-0.05, 0) is 82.3 Å². The maximum Gasteiger partial charge on any atom is 0.0807 e. The molecule has 0 unspecified atom stereocenters. The molecule has 1 aromatic rings. The third kappa shape index (κ3) is 3.43. The second kappa shape index (κ2) is 7.22. The second-order valence-corrected chi connectivity index (χ2v) is 8.19. The number of fused-ring (bicyclic) bond motifs is 4. The van der Waals surface area contributed by atoms with Gasteiger partial charge in [0.25, 0.3) is 0 Å². The first kappa shape index (κ1) is 18.1. The highest BCUT2D eigenvalue weighted by atomic mass is 79.9. The van der Waals surface area contributed by atoms with Crippen molar-refractivity contribution in [3.8, 4) is 0 Å². The van der Waals surface area contributed by atoms with Crippen LogP contribution in [0.1, 0.15) is 5.56 Å². The van der Waals surface area contributed by atoms with Gasteiger partial charge in [0.2, 0.25) is 0 Å². The molecule has 0 amide bonds. The predicted octanol–water partition coefficient (Wildman–Crippen LogP) is 5.83. The van der Waals surface area contributed by atoms with Gasteiger partial charge >= 0.3 is 0 Å². The van der Waals surface area contributed by atoms with E-state index in [1.165, 1.54) is 0 Å². The van der Waals surface area contributed by atoms with Crippen LogP contribution < -0.4 is 0 Å². The zero-order valence-electron chi connectivity index (χ0n) is 16.3. The van der Waals surface area contributed by atoms with Crippen molar-refractivity contribution in [2.75, 3.05) is 0 Å². The van der Waals surface area contributed by atoms with Crippen molar-refractivity contribution in [2.45, 2.75) is 0 Å². The first-order chi connectivity index (χ1) is 15.2. The van der Waals surface area contributed by atoms with Crippen LogP contribution in [0.3, 0.4) is 0 Å². The van der Waals surface area contributed by atoms with Gasteiger partial charge in [-0.1, -0.05) is 30.3 Å². The van der Waals surface area contributed by atoms with Crippen molar-refractivity contribution in [3.63, 3.8) is 0 Å². The van der Waals surface area contributed by atoms with Crippen LogP contribution in [0.15, 0.2) is 138 Å². The number of benzene rings is 1. The summed E-state index contributed by atoms with van der Waals surface area (Å²) in [5.74, 6) is 0. The smallest absolute Gasteiger partial charge is 0.0807 e. The third-order valence-corrected chi connectivity index (χ3v) is 6.02. The van der Waals surface area contributed by atoms with E-state index >= 15 is 0 Å². The van der Waals surface area contributed by atoms with Gasteiger partial charge in [-0.25, -0.2) is 20.0 Å². The van der Waals surface area contributed by atoms with E-state index in [-0.39, 0.29) is 0 Å². The van der Waals surface area contributed by atoms with Gasteiger partial charge < -0.3 is 0 Å². The largest absolute Gasteiger partial charge is 0.249 e. The van der Waals surface area contributed by atoms with Crippen molar-refractivity contribution in [1.29, 1.82) is 0 Å². The zero-order valence-corrected chi connectivity index (χ0v) is 17.9. The molecule has 0 saturated carbocycles. The number of rotatable bonds is 1. The second-order valence-electron chi connectivity index (χ2n) is 7.40. The molecule has 146 valence electrons. The molecule has 6 rings (SSSR count). The summed E-state index contributed by atoms with van der Waals surface area (Å²) in [6.45, 7) is 0. The van der Waals surface area contributed by atoms with E-state index < -0.39 is 0 Å². The molecule has 0 radical (unpaired) electrons. The quantitative estimate of drug-likeness (QED) is 0.504. The van der Waals surface area contributed by atoms with Crippen LogP contribution in [-0.2, 0) is 0 Å². The minimum atomic E-state index is 0.842. The Hall–Kier alpha value is -3.70. The molecule has 0 saturated heterocycles. The normalized spacial score (nSPS) is 20.8. The Bertz CT molecular complexity index is 1400. The SMILES string of the molecule is BrC1=C(c2ccccc2)C2=NC1=CC1=NC(=CC3=NC(=CC4=NC(=C2)C=C4)C=C3)C=C1. The fourth-order valence-electron chi connectivity index (χ4n) is 3.80. The Labute approximate surface area is 188 Å². The van der Waals surface area contributed by atoms with Gasteiger partial charge in [-0.2, -0.15) is 0 Å². The monoisotopic (exact) mass is 462 g/mol. The summed E-state index contributed by atoms with van der Waals surface area (Å²) in [7, 11) is 0. The first-order valence-electron chi connectivity index (χ1n) is 9.93. The third-order valence-electron chi connectivity index (χ3n) is 5.21. The van der Waals surface area contributed by atoms with Crippen LogP contribution in [0.4, 0.5) is 0 Å². The van der Waals surface area contributed by atoms with Crippen molar-refractivity contribution in [1.82, 2.24) is 0 Å². The minimum Gasteiger partial charge on any atom is -0.249 e. The van der Waals surface area contributed by atoms with E-state index in [2.05, 4.69) is 33.1 Å². The van der Waals surface area contributed by atoms with Gasteiger partial charge in [-0.3, -0.25) is 0 Å². The van der Waals surface area contributed by atoms with Gasteiger partial charge in [0, 0.05) is 5.57 Å². The van der Waals surface area contributed by atoms with Crippen molar-refractivity contribution in [2.24, 2.45) is 20.0 Å². The lowest BCUT2D eigenvalue weighted by molar-refractivity contribution is 1.41. The number of halogens is 1. The molecule has 5 aliphatic heterocycles. The topological polar surface area (TPSA) is 49.4 Å². The van der Waals surface area contributed by atoms with Crippen molar-refractivity contribution < 1.29 is 0 Å². The molecule has 31 heavy (non-hydrogen) atoms. The summed E-state index contributed by atoms with van der Waals surface area (Å²) in [6, 6.07) is 10.3. The van der Waals surface area contributed by atoms with E-state index in [0.29, 0.717) is 0 Å². The average Bonchev–Trinajstić information content (AvgIpc) is 3.55. The standard InChI is InChI=1S/C26H15BrN4/c27-26-24-15-22-11-9-20(30-22)13-18-7-6-17(28-18)12-19-8-10-21(29-19)14-23(31-24)25(26)16-4-2-1-3-5-16/h1-15H. The highest BCUT2D eigenvalue weighted by Crippen LogP contribution is 2.37. The molecule has 0 aromatic heterocycles. The van der Waals surface area contributed by atoms with Gasteiger partial charge in [0.1, 0.15) is 0 Å². The van der Waals surface area contributed by atoms with Crippen LogP contribution in [0.25, 0.3) is 5.57 Å². The molecule has 5 heteroatoms. The maximum absolute atomic E-state index is 4.92. The summed E-state index contributed by atoms with van der Waals surface area (Å²) >= 11 is 3.80. The van der Waals surface area contributed by atoms with Crippen LogP contribution in [-0.4, -0.2) is 22.8 Å². The van der Waals surface area contributed by atoms with E-state index in [1.807, 2.05) is 79.0 Å². The summed E-state index contributed by atoms with van der Waals surface area (Å²) < 4.78 is 0.947.